The van der Waals surface area contributed by atoms with E-state index in [2.05, 4.69) is 45.7 Å². The summed E-state index contributed by atoms with van der Waals surface area (Å²) in [7, 11) is 2.03. The van der Waals surface area contributed by atoms with E-state index in [4.69, 9.17) is 4.99 Å². The van der Waals surface area contributed by atoms with Gasteiger partial charge in [0.05, 0.1) is 0 Å². The quantitative estimate of drug-likeness (QED) is 0.352. The molecule has 3 saturated carbocycles. The van der Waals surface area contributed by atoms with Crippen LogP contribution in [0.5, 0.6) is 0 Å². The molecule has 6 atom stereocenters. The van der Waals surface area contributed by atoms with Gasteiger partial charge in [-0.3, -0.25) is 4.99 Å². The fraction of sp³-hybridized carbons (Fsp3) is 0.815. The second kappa shape index (κ2) is 9.50. The number of allylic oxidation sites excluding steroid dienone is 3. The lowest BCUT2D eigenvalue weighted by Crippen LogP contribution is -2.50. The molecule has 0 saturated heterocycles. The van der Waals surface area contributed by atoms with Crippen molar-refractivity contribution in [1.29, 1.82) is 0 Å². The summed E-state index contributed by atoms with van der Waals surface area (Å²) in [5.74, 6) is 3.39. The van der Waals surface area contributed by atoms with Gasteiger partial charge in [0.1, 0.15) is 0 Å². The lowest BCUT2D eigenvalue weighted by molar-refractivity contribution is -0.0408. The highest BCUT2D eigenvalue weighted by Crippen LogP contribution is 2.66. The van der Waals surface area contributed by atoms with E-state index < -0.39 is 0 Å². The average Bonchev–Trinajstić information content (AvgIpc) is 3.05. The van der Waals surface area contributed by atoms with E-state index >= 15 is 0 Å². The number of fused-ring (bicyclic) bond motifs is 3. The fourth-order valence-electron chi connectivity index (χ4n) is 7.92. The zero-order valence-corrected chi connectivity index (χ0v) is 19.9. The van der Waals surface area contributed by atoms with Crippen molar-refractivity contribution < 1.29 is 0 Å². The van der Waals surface area contributed by atoms with E-state index in [0.29, 0.717) is 16.7 Å². The van der Waals surface area contributed by atoms with Gasteiger partial charge in [0.15, 0.2) is 0 Å². The van der Waals surface area contributed by atoms with Crippen LogP contribution in [-0.2, 0) is 0 Å². The number of nitrogens with zero attached hydrogens (tertiary/aromatic N) is 1. The Labute approximate surface area is 180 Å². The Morgan fingerprint density at radius 2 is 2.00 bits per heavy atom. The van der Waals surface area contributed by atoms with Crippen molar-refractivity contribution in [2.24, 2.45) is 39.5 Å². The van der Waals surface area contributed by atoms with Gasteiger partial charge in [0, 0.05) is 18.2 Å². The largest absolute Gasteiger partial charge is 0.320 e. The molecule has 0 aromatic heterocycles. The normalized spacial score (nSPS) is 41.3. The second-order valence-electron chi connectivity index (χ2n) is 10.7. The molecule has 0 spiro atoms. The number of hydrogen-bond donors (Lipinski definition) is 1. The third kappa shape index (κ3) is 4.16. The molecule has 3 aliphatic carbocycles. The third-order valence-electron chi connectivity index (χ3n) is 9.27. The van der Waals surface area contributed by atoms with Gasteiger partial charge in [0.25, 0.3) is 0 Å². The molecule has 0 heterocycles. The van der Waals surface area contributed by atoms with Gasteiger partial charge >= 0.3 is 0 Å². The van der Waals surface area contributed by atoms with Crippen LogP contribution in [0.2, 0.25) is 0 Å². The molecule has 164 valence electrons. The Kier molecular flexibility index (Phi) is 7.46. The number of nitrogens with one attached hydrogen (secondary N) is 1. The highest BCUT2D eigenvalue weighted by molar-refractivity contribution is 5.85. The third-order valence-corrected chi connectivity index (χ3v) is 9.27. The van der Waals surface area contributed by atoms with Crippen LogP contribution < -0.4 is 5.32 Å². The Bertz CT molecular complexity index is 632. The molecule has 0 aromatic carbocycles. The predicted octanol–water partition coefficient (Wildman–Crippen LogP) is 6.83. The highest BCUT2D eigenvalue weighted by Gasteiger charge is 2.58. The van der Waals surface area contributed by atoms with Crippen LogP contribution in [0.15, 0.2) is 29.3 Å². The van der Waals surface area contributed by atoms with E-state index in [0.717, 1.165) is 37.3 Å². The van der Waals surface area contributed by atoms with Crippen LogP contribution in [0.25, 0.3) is 0 Å². The van der Waals surface area contributed by atoms with Gasteiger partial charge < -0.3 is 5.32 Å². The smallest absolute Gasteiger partial charge is 0.0400 e. The van der Waals surface area contributed by atoms with Gasteiger partial charge in [-0.1, -0.05) is 51.5 Å². The molecule has 3 fully saturated rings. The molecule has 6 unspecified atom stereocenters. The summed E-state index contributed by atoms with van der Waals surface area (Å²) in [5, 5.41) is 3.25. The molecule has 3 rings (SSSR count). The van der Waals surface area contributed by atoms with Crippen LogP contribution in [0.1, 0.15) is 85.5 Å². The first-order valence-corrected chi connectivity index (χ1v) is 12.4. The molecule has 29 heavy (non-hydrogen) atoms. The van der Waals surface area contributed by atoms with Gasteiger partial charge in [-0.05, 0) is 100 Å². The molecular weight excluding hydrogens is 352 g/mol. The standard InChI is InChI=1S/C27H46N2/c1-7-10-21-11-12-22-24-14-13-23(20(3)29-19-9-18-28-6)27(24,5)17-15-25(22)26(21,4)16-8-2/h7,10,22-25,28H,1,8-9,11-19H2,2-6H3/b21-10-,29-20?. The molecule has 0 aliphatic heterocycles. The van der Waals surface area contributed by atoms with E-state index in [-0.39, 0.29) is 0 Å². The van der Waals surface area contributed by atoms with Crippen molar-refractivity contribution in [3.05, 3.63) is 24.3 Å². The van der Waals surface area contributed by atoms with Gasteiger partial charge in [-0.2, -0.15) is 0 Å². The van der Waals surface area contributed by atoms with E-state index in [1.807, 2.05) is 13.1 Å². The Morgan fingerprint density at radius 3 is 2.69 bits per heavy atom. The molecule has 2 nitrogen and oxygen atoms in total. The summed E-state index contributed by atoms with van der Waals surface area (Å²) in [6.45, 7) is 16.0. The summed E-state index contributed by atoms with van der Waals surface area (Å²) >= 11 is 0. The van der Waals surface area contributed by atoms with Crippen molar-refractivity contribution in [2.75, 3.05) is 20.1 Å². The van der Waals surface area contributed by atoms with Crippen LogP contribution >= 0.6 is 0 Å². The topological polar surface area (TPSA) is 24.4 Å². The zero-order chi connectivity index (χ0) is 21.1. The maximum absolute atomic E-state index is 5.03. The molecule has 0 radical (unpaired) electrons. The Hall–Kier alpha value is -0.890. The average molecular weight is 399 g/mol. The molecule has 0 aromatic rings. The summed E-state index contributed by atoms with van der Waals surface area (Å²) in [5.41, 5.74) is 4.01. The van der Waals surface area contributed by atoms with Crippen LogP contribution in [0.4, 0.5) is 0 Å². The number of hydrogen-bond acceptors (Lipinski definition) is 2. The molecule has 0 amide bonds. The van der Waals surface area contributed by atoms with Crippen molar-refractivity contribution >= 4 is 5.71 Å². The number of aliphatic imine (C=N–C) groups is 1. The Balaban J connectivity index is 1.80. The van der Waals surface area contributed by atoms with E-state index in [1.54, 1.807) is 5.57 Å². The van der Waals surface area contributed by atoms with E-state index in [1.165, 1.54) is 57.1 Å². The predicted molar refractivity (Wildman–Crippen MR) is 128 cm³/mol. The fourth-order valence-corrected chi connectivity index (χ4v) is 7.92. The van der Waals surface area contributed by atoms with Crippen molar-refractivity contribution in [2.45, 2.75) is 85.5 Å². The highest BCUT2D eigenvalue weighted by atomic mass is 14.8. The zero-order valence-electron chi connectivity index (χ0n) is 19.9. The molecule has 1 N–H and O–H groups in total. The summed E-state index contributed by atoms with van der Waals surface area (Å²) in [6, 6.07) is 0. The molecule has 3 aliphatic rings. The first kappa shape index (κ1) is 22.8. The first-order valence-electron chi connectivity index (χ1n) is 12.4. The summed E-state index contributed by atoms with van der Waals surface area (Å²) < 4.78 is 0. The van der Waals surface area contributed by atoms with Crippen LogP contribution in [0, 0.1) is 34.5 Å². The lowest BCUT2D eigenvalue weighted by Gasteiger charge is -2.57. The van der Waals surface area contributed by atoms with Gasteiger partial charge in [-0.25, -0.2) is 0 Å². The van der Waals surface area contributed by atoms with Crippen LogP contribution in [0.3, 0.4) is 0 Å². The summed E-state index contributed by atoms with van der Waals surface area (Å²) in [6.07, 6.45) is 16.5. The minimum atomic E-state index is 0.390. The van der Waals surface area contributed by atoms with E-state index in [9.17, 15) is 0 Å². The lowest BCUT2D eigenvalue weighted by atomic mass is 9.47. The van der Waals surface area contributed by atoms with Crippen molar-refractivity contribution in [3.8, 4) is 0 Å². The molecule has 2 heteroatoms. The minimum Gasteiger partial charge on any atom is -0.320 e. The van der Waals surface area contributed by atoms with Crippen LogP contribution in [-0.4, -0.2) is 25.8 Å². The van der Waals surface area contributed by atoms with Crippen molar-refractivity contribution in [3.63, 3.8) is 0 Å². The SMILES string of the molecule is C=C/C=C1/CCC2C(CCC3(C)C(C(C)=NCCCNC)CCC23)C1(C)CCC. The minimum absolute atomic E-state index is 0.390. The Morgan fingerprint density at radius 1 is 1.21 bits per heavy atom. The summed E-state index contributed by atoms with van der Waals surface area (Å²) in [4.78, 5) is 5.03. The molecule has 0 bridgehead atoms. The maximum Gasteiger partial charge on any atom is 0.0400 e. The van der Waals surface area contributed by atoms with Crippen molar-refractivity contribution in [1.82, 2.24) is 5.32 Å². The maximum atomic E-state index is 5.03. The molecular formula is C27H46N2. The van der Waals surface area contributed by atoms with Gasteiger partial charge in [-0.15, -0.1) is 0 Å². The van der Waals surface area contributed by atoms with Gasteiger partial charge in [0.2, 0.25) is 0 Å². The second-order valence-corrected chi connectivity index (χ2v) is 10.7. The first-order chi connectivity index (χ1) is 13.9. The monoisotopic (exact) mass is 398 g/mol. The number of rotatable bonds is 8.